The first-order valence-electron chi connectivity index (χ1n) is 4.30. The molecule has 0 amide bonds. The highest BCUT2D eigenvalue weighted by molar-refractivity contribution is 5.85. The van der Waals surface area contributed by atoms with Gasteiger partial charge in [0.15, 0.2) is 0 Å². The number of nitrogens with two attached hydrogens (primary N) is 1. The Morgan fingerprint density at radius 1 is 1.31 bits per heavy atom. The lowest BCUT2D eigenvalue weighted by Gasteiger charge is -2.26. The Kier molecular flexibility index (Phi) is 3.31. The zero-order valence-electron chi connectivity index (χ0n) is 7.31. The summed E-state index contributed by atoms with van der Waals surface area (Å²) in [4.78, 5) is 0. The summed E-state index contributed by atoms with van der Waals surface area (Å²) in [6, 6.07) is 7.88. The second-order valence-corrected chi connectivity index (χ2v) is 3.35. The van der Waals surface area contributed by atoms with Gasteiger partial charge < -0.3 is 10.8 Å². The third kappa shape index (κ3) is 1.85. The third-order valence-corrected chi connectivity index (χ3v) is 2.53. The van der Waals surface area contributed by atoms with Crippen molar-refractivity contribution in [2.24, 2.45) is 5.73 Å². The van der Waals surface area contributed by atoms with Gasteiger partial charge in [0.05, 0.1) is 6.10 Å². The fourth-order valence-electron chi connectivity index (χ4n) is 1.76. The average Bonchev–Trinajstić information content (AvgIpc) is 2.12. The maximum absolute atomic E-state index is 9.70. The predicted molar refractivity (Wildman–Crippen MR) is 54.9 cm³/mol. The number of aliphatic hydroxyl groups is 1. The summed E-state index contributed by atoms with van der Waals surface area (Å²) >= 11 is 0. The predicted octanol–water partition coefficient (Wildman–Crippen LogP) is 1.42. The van der Waals surface area contributed by atoms with E-state index in [9.17, 15) is 5.11 Å². The van der Waals surface area contributed by atoms with Gasteiger partial charge in [-0.15, -0.1) is 12.4 Å². The molecule has 0 bridgehead atoms. The van der Waals surface area contributed by atoms with E-state index in [4.69, 9.17) is 5.73 Å². The summed E-state index contributed by atoms with van der Waals surface area (Å²) in [5, 5.41) is 9.70. The second-order valence-electron chi connectivity index (χ2n) is 3.35. The molecular formula is C10H14ClNO. The minimum atomic E-state index is -0.463. The summed E-state index contributed by atoms with van der Waals surface area (Å²) in [7, 11) is 0. The zero-order chi connectivity index (χ0) is 8.55. The van der Waals surface area contributed by atoms with Crippen molar-refractivity contribution in [2.45, 2.75) is 25.0 Å². The molecule has 3 heteroatoms. The first-order chi connectivity index (χ1) is 5.79. The van der Waals surface area contributed by atoms with Crippen molar-refractivity contribution in [1.82, 2.24) is 0 Å². The first kappa shape index (κ1) is 10.5. The van der Waals surface area contributed by atoms with Crippen LogP contribution in [0.1, 0.15) is 23.7 Å². The molecule has 0 aromatic heterocycles. The molecule has 0 radical (unpaired) electrons. The fraction of sp³-hybridized carbons (Fsp3) is 0.400. The number of fused-ring (bicyclic) bond motifs is 1. The van der Waals surface area contributed by atoms with Crippen LogP contribution in [0.25, 0.3) is 0 Å². The highest BCUT2D eigenvalue weighted by Crippen LogP contribution is 2.28. The number of rotatable bonds is 0. The van der Waals surface area contributed by atoms with E-state index < -0.39 is 6.10 Å². The summed E-state index contributed by atoms with van der Waals surface area (Å²) in [6.07, 6.45) is 1.42. The van der Waals surface area contributed by atoms with E-state index in [1.165, 1.54) is 5.56 Å². The molecule has 13 heavy (non-hydrogen) atoms. The van der Waals surface area contributed by atoms with Crippen molar-refractivity contribution < 1.29 is 5.11 Å². The summed E-state index contributed by atoms with van der Waals surface area (Å²) in [5.41, 5.74) is 8.00. The molecule has 0 aliphatic heterocycles. The Bertz CT molecular complexity index is 290. The number of halogens is 1. The zero-order valence-corrected chi connectivity index (χ0v) is 8.13. The second kappa shape index (κ2) is 4.09. The van der Waals surface area contributed by atoms with Crippen molar-refractivity contribution in [3.8, 4) is 0 Å². The molecule has 0 fully saturated rings. The Morgan fingerprint density at radius 3 is 2.77 bits per heavy atom. The van der Waals surface area contributed by atoms with Crippen LogP contribution in [-0.4, -0.2) is 11.1 Å². The lowest BCUT2D eigenvalue weighted by atomic mass is 9.86. The SMILES string of the molecule is Cl.N[C@@H]1CCc2ccccc2[C@@H]1O. The Labute approximate surface area is 84.2 Å². The lowest BCUT2D eigenvalue weighted by Crippen LogP contribution is -2.32. The lowest BCUT2D eigenvalue weighted by molar-refractivity contribution is 0.134. The molecule has 2 rings (SSSR count). The van der Waals surface area contributed by atoms with Gasteiger partial charge in [0.1, 0.15) is 0 Å². The van der Waals surface area contributed by atoms with Gasteiger partial charge in [0.25, 0.3) is 0 Å². The van der Waals surface area contributed by atoms with Crippen LogP contribution in [0.3, 0.4) is 0 Å². The van der Waals surface area contributed by atoms with Crippen molar-refractivity contribution >= 4 is 12.4 Å². The maximum Gasteiger partial charge on any atom is 0.0943 e. The molecule has 1 aliphatic rings. The van der Waals surface area contributed by atoms with Gasteiger partial charge >= 0.3 is 0 Å². The normalized spacial score (nSPS) is 26.0. The van der Waals surface area contributed by atoms with E-state index in [0.717, 1.165) is 18.4 Å². The molecule has 2 nitrogen and oxygen atoms in total. The largest absolute Gasteiger partial charge is 0.387 e. The van der Waals surface area contributed by atoms with Crippen LogP contribution < -0.4 is 5.73 Å². The number of benzene rings is 1. The van der Waals surface area contributed by atoms with E-state index in [2.05, 4.69) is 6.07 Å². The van der Waals surface area contributed by atoms with E-state index in [-0.39, 0.29) is 18.4 Å². The Hall–Kier alpha value is -0.570. The Balaban J connectivity index is 0.000000845. The van der Waals surface area contributed by atoms with Gasteiger partial charge in [-0.25, -0.2) is 0 Å². The van der Waals surface area contributed by atoms with Gasteiger partial charge in [-0.05, 0) is 24.0 Å². The van der Waals surface area contributed by atoms with Crippen LogP contribution in [0.5, 0.6) is 0 Å². The van der Waals surface area contributed by atoms with Gasteiger partial charge in [0.2, 0.25) is 0 Å². The smallest absolute Gasteiger partial charge is 0.0943 e. The first-order valence-corrected chi connectivity index (χ1v) is 4.30. The van der Waals surface area contributed by atoms with Gasteiger partial charge in [-0.1, -0.05) is 24.3 Å². The molecule has 0 spiro atoms. The van der Waals surface area contributed by atoms with E-state index >= 15 is 0 Å². The van der Waals surface area contributed by atoms with Crippen LogP contribution in [0.2, 0.25) is 0 Å². The van der Waals surface area contributed by atoms with Crippen LogP contribution in [-0.2, 0) is 6.42 Å². The molecule has 72 valence electrons. The van der Waals surface area contributed by atoms with E-state index in [1.54, 1.807) is 0 Å². The van der Waals surface area contributed by atoms with Gasteiger partial charge in [-0.3, -0.25) is 0 Å². The number of hydrogen-bond acceptors (Lipinski definition) is 2. The van der Waals surface area contributed by atoms with E-state index in [0.29, 0.717) is 0 Å². The molecule has 2 atom stereocenters. The van der Waals surface area contributed by atoms with Crippen LogP contribution in [0.15, 0.2) is 24.3 Å². The summed E-state index contributed by atoms with van der Waals surface area (Å²) in [5.74, 6) is 0. The number of aliphatic hydroxyl groups excluding tert-OH is 1. The van der Waals surface area contributed by atoms with E-state index in [1.807, 2.05) is 18.2 Å². The summed E-state index contributed by atoms with van der Waals surface area (Å²) < 4.78 is 0. The molecule has 3 N–H and O–H groups in total. The molecule has 0 saturated carbocycles. The van der Waals surface area contributed by atoms with Gasteiger partial charge in [-0.2, -0.15) is 0 Å². The molecular weight excluding hydrogens is 186 g/mol. The highest BCUT2D eigenvalue weighted by Gasteiger charge is 2.23. The minimum absolute atomic E-state index is 0. The van der Waals surface area contributed by atoms with Gasteiger partial charge in [0, 0.05) is 6.04 Å². The number of aryl methyl sites for hydroxylation is 1. The monoisotopic (exact) mass is 199 g/mol. The molecule has 0 unspecified atom stereocenters. The van der Waals surface area contributed by atoms with Crippen LogP contribution in [0, 0.1) is 0 Å². The molecule has 0 saturated heterocycles. The van der Waals surface area contributed by atoms with Crippen LogP contribution in [0.4, 0.5) is 0 Å². The van der Waals surface area contributed by atoms with Crippen LogP contribution >= 0.6 is 12.4 Å². The maximum atomic E-state index is 9.70. The molecule has 0 heterocycles. The quantitative estimate of drug-likeness (QED) is 0.664. The highest BCUT2D eigenvalue weighted by atomic mass is 35.5. The van der Waals surface area contributed by atoms with Crippen molar-refractivity contribution in [3.63, 3.8) is 0 Å². The topological polar surface area (TPSA) is 46.2 Å². The average molecular weight is 200 g/mol. The summed E-state index contributed by atoms with van der Waals surface area (Å²) in [6.45, 7) is 0. The standard InChI is InChI=1S/C10H13NO.ClH/c11-9-6-5-7-3-1-2-4-8(7)10(9)12;/h1-4,9-10,12H,5-6,11H2;1H/t9-,10+;/m1./s1. The minimum Gasteiger partial charge on any atom is -0.387 e. The van der Waals surface area contributed by atoms with Crippen molar-refractivity contribution in [2.75, 3.05) is 0 Å². The third-order valence-electron chi connectivity index (χ3n) is 2.53. The Morgan fingerprint density at radius 2 is 2.00 bits per heavy atom. The van der Waals surface area contributed by atoms with Crippen molar-refractivity contribution in [3.05, 3.63) is 35.4 Å². The molecule has 1 aliphatic carbocycles. The molecule has 1 aromatic rings. The van der Waals surface area contributed by atoms with Crippen molar-refractivity contribution in [1.29, 1.82) is 0 Å². The fourth-order valence-corrected chi connectivity index (χ4v) is 1.76. The molecule has 1 aromatic carbocycles. The number of hydrogen-bond donors (Lipinski definition) is 2.